The van der Waals surface area contributed by atoms with E-state index in [2.05, 4.69) is 5.32 Å². The van der Waals surface area contributed by atoms with Crippen molar-refractivity contribution in [1.82, 2.24) is 10.2 Å². The van der Waals surface area contributed by atoms with E-state index in [9.17, 15) is 31.9 Å². The van der Waals surface area contributed by atoms with Gasteiger partial charge in [-0.15, -0.1) is 0 Å². The largest absolute Gasteiger partial charge is 0.466 e. The summed E-state index contributed by atoms with van der Waals surface area (Å²) in [4.78, 5) is 39.3. The lowest BCUT2D eigenvalue weighted by Gasteiger charge is -2.45. The number of esters is 1. The SMILES string of the molecule is CCOC(=O)CCNC(=O)c1ccc(CN(C(=O)c2cc(F)cc(C(F)(F)F)c2)C2CCC3(CCCCC3)CC2)cc1. The standard InChI is InChI=1S/C32H38F4N2O4/c1-2-42-28(39)12-17-37-29(40)23-8-6-22(7-9-23)21-38(27-10-15-31(16-11-27)13-4-3-5-14-31)30(41)24-18-25(32(34,35)36)20-26(33)19-24/h6-9,18-20,27H,2-5,10-17,21H2,1H3,(H,37,40). The van der Waals surface area contributed by atoms with E-state index in [-0.39, 0.29) is 49.0 Å². The van der Waals surface area contributed by atoms with E-state index in [1.54, 1.807) is 36.1 Å². The first-order chi connectivity index (χ1) is 20.0. The third kappa shape index (κ3) is 8.10. The highest BCUT2D eigenvalue weighted by molar-refractivity contribution is 5.95. The van der Waals surface area contributed by atoms with Crippen LogP contribution in [0.1, 0.15) is 103 Å². The molecule has 1 spiro atoms. The van der Waals surface area contributed by atoms with Crippen LogP contribution in [0.5, 0.6) is 0 Å². The molecular weight excluding hydrogens is 552 g/mol. The van der Waals surface area contributed by atoms with E-state index in [0.29, 0.717) is 23.3 Å². The van der Waals surface area contributed by atoms with Gasteiger partial charge in [-0.05, 0) is 86.8 Å². The number of rotatable bonds is 9. The first kappa shape index (κ1) is 31.5. The number of hydrogen-bond donors (Lipinski definition) is 1. The van der Waals surface area contributed by atoms with Crippen molar-refractivity contribution in [2.45, 2.75) is 89.9 Å². The molecule has 0 saturated heterocycles. The summed E-state index contributed by atoms with van der Waals surface area (Å²) in [5, 5.41) is 2.66. The van der Waals surface area contributed by atoms with Crippen LogP contribution >= 0.6 is 0 Å². The summed E-state index contributed by atoms with van der Waals surface area (Å²) in [5.41, 5.74) is -0.213. The van der Waals surface area contributed by atoms with Crippen molar-refractivity contribution in [3.63, 3.8) is 0 Å². The van der Waals surface area contributed by atoms with E-state index < -0.39 is 29.4 Å². The Balaban J connectivity index is 1.51. The van der Waals surface area contributed by atoms with Crippen LogP contribution in [-0.4, -0.2) is 41.9 Å². The van der Waals surface area contributed by atoms with Gasteiger partial charge in [-0.25, -0.2) is 4.39 Å². The minimum absolute atomic E-state index is 0.0491. The van der Waals surface area contributed by atoms with Crippen LogP contribution in [0.2, 0.25) is 0 Å². The third-order valence-electron chi connectivity index (χ3n) is 8.59. The minimum atomic E-state index is -4.78. The molecule has 0 atom stereocenters. The van der Waals surface area contributed by atoms with Crippen molar-refractivity contribution in [1.29, 1.82) is 0 Å². The lowest BCUT2D eigenvalue weighted by atomic mass is 9.64. The average molecular weight is 591 g/mol. The Hall–Kier alpha value is -3.43. The number of amides is 2. The average Bonchev–Trinajstić information content (AvgIpc) is 2.96. The monoisotopic (exact) mass is 590 g/mol. The van der Waals surface area contributed by atoms with Crippen molar-refractivity contribution >= 4 is 17.8 Å². The van der Waals surface area contributed by atoms with E-state index in [4.69, 9.17) is 4.74 Å². The van der Waals surface area contributed by atoms with Gasteiger partial charge in [-0.1, -0.05) is 31.4 Å². The molecule has 42 heavy (non-hydrogen) atoms. The summed E-state index contributed by atoms with van der Waals surface area (Å²) >= 11 is 0. The number of nitrogens with zero attached hydrogens (tertiary/aromatic N) is 1. The Labute approximate surface area is 243 Å². The summed E-state index contributed by atoms with van der Waals surface area (Å²) in [6.45, 7) is 2.20. The zero-order valence-electron chi connectivity index (χ0n) is 23.9. The number of carbonyl (C=O) groups is 3. The predicted molar refractivity (Wildman–Crippen MR) is 149 cm³/mol. The molecule has 0 aliphatic heterocycles. The Morgan fingerprint density at radius 1 is 0.952 bits per heavy atom. The minimum Gasteiger partial charge on any atom is -0.466 e. The predicted octanol–water partition coefficient (Wildman–Crippen LogP) is 7.06. The van der Waals surface area contributed by atoms with E-state index in [1.165, 1.54) is 19.3 Å². The molecule has 2 aromatic carbocycles. The summed E-state index contributed by atoms with van der Waals surface area (Å²) in [6.07, 6.45) is 4.57. The van der Waals surface area contributed by atoms with Gasteiger partial charge < -0.3 is 15.0 Å². The Morgan fingerprint density at radius 3 is 2.24 bits per heavy atom. The second-order valence-corrected chi connectivity index (χ2v) is 11.5. The van der Waals surface area contributed by atoms with Gasteiger partial charge in [0.05, 0.1) is 18.6 Å². The molecular formula is C32H38F4N2O4. The van der Waals surface area contributed by atoms with Crippen LogP contribution in [0.25, 0.3) is 0 Å². The van der Waals surface area contributed by atoms with Crippen LogP contribution in [0.3, 0.4) is 0 Å². The van der Waals surface area contributed by atoms with Gasteiger partial charge in [-0.2, -0.15) is 13.2 Å². The molecule has 2 fully saturated rings. The molecule has 4 rings (SSSR count). The lowest BCUT2D eigenvalue weighted by molar-refractivity contribution is -0.143. The van der Waals surface area contributed by atoms with Crippen LogP contribution < -0.4 is 5.32 Å². The van der Waals surface area contributed by atoms with Crippen molar-refractivity contribution in [3.05, 3.63) is 70.5 Å². The molecule has 1 N–H and O–H groups in total. The highest BCUT2D eigenvalue weighted by atomic mass is 19.4. The zero-order valence-corrected chi connectivity index (χ0v) is 23.9. The van der Waals surface area contributed by atoms with Gasteiger partial charge in [0, 0.05) is 30.3 Å². The summed E-state index contributed by atoms with van der Waals surface area (Å²) < 4.78 is 59.4. The molecule has 0 unspecified atom stereocenters. The maximum atomic E-state index is 14.2. The number of nitrogens with one attached hydrogen (secondary N) is 1. The summed E-state index contributed by atoms with van der Waals surface area (Å²) in [5.74, 6) is -2.54. The van der Waals surface area contributed by atoms with Crippen molar-refractivity contribution in [2.75, 3.05) is 13.2 Å². The fourth-order valence-electron chi connectivity index (χ4n) is 6.31. The molecule has 228 valence electrons. The van der Waals surface area contributed by atoms with Gasteiger partial charge in [0.15, 0.2) is 0 Å². The normalized spacial score (nSPS) is 17.1. The summed E-state index contributed by atoms with van der Waals surface area (Å²) in [6, 6.07) is 8.35. The molecule has 0 bridgehead atoms. The van der Waals surface area contributed by atoms with Crippen LogP contribution in [0, 0.1) is 11.2 Å². The Morgan fingerprint density at radius 2 is 1.62 bits per heavy atom. The fraction of sp³-hybridized carbons (Fsp3) is 0.531. The van der Waals surface area contributed by atoms with Crippen LogP contribution in [0.15, 0.2) is 42.5 Å². The van der Waals surface area contributed by atoms with Crippen molar-refractivity contribution in [2.24, 2.45) is 5.41 Å². The fourth-order valence-corrected chi connectivity index (χ4v) is 6.31. The molecule has 2 saturated carbocycles. The highest BCUT2D eigenvalue weighted by Crippen LogP contribution is 2.48. The van der Waals surface area contributed by atoms with Gasteiger partial charge in [0.2, 0.25) is 0 Å². The van der Waals surface area contributed by atoms with Gasteiger partial charge >= 0.3 is 12.1 Å². The number of hydrogen-bond acceptors (Lipinski definition) is 4. The highest BCUT2D eigenvalue weighted by Gasteiger charge is 2.39. The molecule has 0 aromatic heterocycles. The zero-order chi connectivity index (χ0) is 30.3. The topological polar surface area (TPSA) is 75.7 Å². The molecule has 2 aromatic rings. The van der Waals surface area contributed by atoms with E-state index >= 15 is 0 Å². The van der Waals surface area contributed by atoms with Crippen molar-refractivity contribution in [3.8, 4) is 0 Å². The number of ether oxygens (including phenoxy) is 1. The lowest BCUT2D eigenvalue weighted by Crippen LogP contribution is -2.44. The molecule has 0 radical (unpaired) electrons. The van der Waals surface area contributed by atoms with Gasteiger partial charge in [0.25, 0.3) is 11.8 Å². The van der Waals surface area contributed by atoms with Crippen LogP contribution in [0.4, 0.5) is 17.6 Å². The van der Waals surface area contributed by atoms with Gasteiger partial charge in [-0.3, -0.25) is 14.4 Å². The Bertz CT molecular complexity index is 1250. The number of halogens is 4. The van der Waals surface area contributed by atoms with Gasteiger partial charge in [0.1, 0.15) is 5.82 Å². The van der Waals surface area contributed by atoms with Crippen LogP contribution in [-0.2, 0) is 22.3 Å². The van der Waals surface area contributed by atoms with E-state index in [1.807, 2.05) is 0 Å². The first-order valence-corrected chi connectivity index (χ1v) is 14.7. The first-order valence-electron chi connectivity index (χ1n) is 14.7. The maximum absolute atomic E-state index is 14.2. The maximum Gasteiger partial charge on any atom is 0.416 e. The second kappa shape index (κ2) is 13.7. The molecule has 2 aliphatic carbocycles. The molecule has 0 heterocycles. The third-order valence-corrected chi connectivity index (χ3v) is 8.59. The number of alkyl halides is 3. The molecule has 10 heteroatoms. The second-order valence-electron chi connectivity index (χ2n) is 11.5. The van der Waals surface area contributed by atoms with E-state index in [0.717, 1.165) is 44.6 Å². The smallest absolute Gasteiger partial charge is 0.416 e. The van der Waals surface area contributed by atoms with Crippen molar-refractivity contribution < 1.29 is 36.7 Å². The number of benzene rings is 2. The molecule has 2 aliphatic rings. The molecule has 2 amide bonds. The number of carbonyl (C=O) groups excluding carboxylic acids is 3. The summed E-state index contributed by atoms with van der Waals surface area (Å²) in [7, 11) is 0. The molecule has 6 nitrogen and oxygen atoms in total. The quantitative estimate of drug-likeness (QED) is 0.251. The Kier molecular flexibility index (Phi) is 10.3.